The van der Waals surface area contributed by atoms with Crippen LogP contribution in [0.5, 0.6) is 5.75 Å². The van der Waals surface area contributed by atoms with Gasteiger partial charge in [-0.2, -0.15) is 0 Å². The number of halogens is 2. The fourth-order valence-electron chi connectivity index (χ4n) is 6.66. The van der Waals surface area contributed by atoms with E-state index in [2.05, 4.69) is 0 Å². The molecule has 1 fully saturated rings. The molecule has 4 aliphatic rings. The number of rotatable bonds is 3. The summed E-state index contributed by atoms with van der Waals surface area (Å²) < 4.78 is 36.6. The fraction of sp³-hybridized carbons (Fsp3) is 0.310. The van der Waals surface area contributed by atoms with E-state index in [-0.39, 0.29) is 23.8 Å². The van der Waals surface area contributed by atoms with E-state index in [4.69, 9.17) is 4.74 Å². The predicted molar refractivity (Wildman–Crippen MR) is 135 cm³/mol. The van der Waals surface area contributed by atoms with Crippen LogP contribution in [-0.4, -0.2) is 47.0 Å². The van der Waals surface area contributed by atoms with Crippen LogP contribution in [0.1, 0.15) is 45.6 Å². The maximum atomic E-state index is 15.2. The van der Waals surface area contributed by atoms with Crippen molar-refractivity contribution in [3.05, 3.63) is 104 Å². The second-order valence-electron chi connectivity index (χ2n) is 10.4. The highest BCUT2D eigenvalue weighted by atomic mass is 19.2. The summed E-state index contributed by atoms with van der Waals surface area (Å²) >= 11 is 0. The van der Waals surface area contributed by atoms with Crippen molar-refractivity contribution in [3.8, 4) is 5.75 Å². The zero-order valence-electron chi connectivity index (χ0n) is 20.5. The smallest absolute Gasteiger partial charge is 0.277 e. The highest BCUT2D eigenvalue weighted by molar-refractivity contribution is 5.96. The summed E-state index contributed by atoms with van der Waals surface area (Å²) in [6, 6.07) is 11.8. The Balaban J connectivity index is 1.48. The van der Waals surface area contributed by atoms with Gasteiger partial charge >= 0.3 is 0 Å². The Morgan fingerprint density at radius 1 is 1.03 bits per heavy atom. The van der Waals surface area contributed by atoms with Gasteiger partial charge in [0.05, 0.1) is 0 Å². The standard InChI is InChI=1S/C29H25F2N3O4/c30-23-6-5-22-20(25(23)31)14-19-13-18-3-1-2-4-21(18)29(19,22)34-16-32(15-17-8-11-38-12-9-17)28(37)26-27(36)24(35)7-10-33(26)34/h1-7,10,14,17,36H,8-9,11-13,15-16H2. The molecule has 1 aromatic heterocycles. The van der Waals surface area contributed by atoms with Crippen LogP contribution >= 0.6 is 0 Å². The molecule has 1 N–H and O–H groups in total. The lowest BCUT2D eigenvalue weighted by molar-refractivity contribution is 0.0399. The molecule has 1 amide bonds. The first-order chi connectivity index (χ1) is 18.4. The van der Waals surface area contributed by atoms with Crippen LogP contribution in [0.25, 0.3) is 6.08 Å². The summed E-state index contributed by atoms with van der Waals surface area (Å²) in [6.45, 7) is 1.76. The summed E-state index contributed by atoms with van der Waals surface area (Å²) in [6.07, 6.45) is 5.28. The lowest BCUT2D eigenvalue weighted by Crippen LogP contribution is -2.62. The molecule has 0 saturated carbocycles. The third-order valence-corrected chi connectivity index (χ3v) is 8.41. The number of ether oxygens (including phenoxy) is 1. The Morgan fingerprint density at radius 3 is 2.63 bits per heavy atom. The number of carbonyl (C=O) groups is 1. The van der Waals surface area contributed by atoms with Crippen molar-refractivity contribution < 1.29 is 23.4 Å². The van der Waals surface area contributed by atoms with Crippen LogP contribution in [0.15, 0.2) is 59.0 Å². The molecule has 9 heteroatoms. The van der Waals surface area contributed by atoms with Gasteiger partial charge in [0.15, 0.2) is 23.1 Å². The molecular weight excluding hydrogens is 492 g/mol. The van der Waals surface area contributed by atoms with Gasteiger partial charge in [-0.1, -0.05) is 30.3 Å². The zero-order chi connectivity index (χ0) is 26.2. The van der Waals surface area contributed by atoms with E-state index in [1.165, 1.54) is 16.9 Å². The summed E-state index contributed by atoms with van der Waals surface area (Å²) in [7, 11) is 0. The van der Waals surface area contributed by atoms with E-state index in [0.717, 1.165) is 35.6 Å². The van der Waals surface area contributed by atoms with Crippen molar-refractivity contribution in [1.29, 1.82) is 0 Å². The molecular formula is C29H25F2N3O4. The number of hydrogen-bond donors (Lipinski definition) is 1. The van der Waals surface area contributed by atoms with Crippen LogP contribution in [-0.2, 0) is 16.7 Å². The summed E-state index contributed by atoms with van der Waals surface area (Å²) in [5.74, 6) is -2.72. The third-order valence-electron chi connectivity index (χ3n) is 8.41. The average Bonchev–Trinajstić information content (AvgIpc) is 3.42. The monoisotopic (exact) mass is 517 g/mol. The number of benzene rings is 2. The summed E-state index contributed by atoms with van der Waals surface area (Å²) in [4.78, 5) is 27.9. The quantitative estimate of drug-likeness (QED) is 0.576. The van der Waals surface area contributed by atoms with Crippen molar-refractivity contribution in [2.45, 2.75) is 24.8 Å². The average molecular weight is 518 g/mol. The molecule has 2 aliphatic carbocycles. The minimum Gasteiger partial charge on any atom is -0.502 e. The van der Waals surface area contributed by atoms with E-state index in [1.54, 1.807) is 17.0 Å². The van der Waals surface area contributed by atoms with Crippen molar-refractivity contribution >= 4 is 12.0 Å². The van der Waals surface area contributed by atoms with E-state index >= 15 is 4.39 Å². The van der Waals surface area contributed by atoms with Crippen molar-refractivity contribution in [3.63, 3.8) is 0 Å². The van der Waals surface area contributed by atoms with Gasteiger partial charge in [0.2, 0.25) is 5.43 Å². The Kier molecular flexibility index (Phi) is 5.03. The Labute approximate surface area is 217 Å². The van der Waals surface area contributed by atoms with Crippen molar-refractivity contribution in [1.82, 2.24) is 9.58 Å². The van der Waals surface area contributed by atoms with E-state index in [9.17, 15) is 19.1 Å². The van der Waals surface area contributed by atoms with Crippen LogP contribution in [0.3, 0.4) is 0 Å². The van der Waals surface area contributed by atoms with Gasteiger partial charge in [0.25, 0.3) is 5.91 Å². The lowest BCUT2D eigenvalue weighted by Gasteiger charge is -2.50. The van der Waals surface area contributed by atoms with Crippen LogP contribution in [0.4, 0.5) is 8.78 Å². The number of amides is 1. The van der Waals surface area contributed by atoms with Gasteiger partial charge in [0.1, 0.15) is 12.2 Å². The summed E-state index contributed by atoms with van der Waals surface area (Å²) in [5.41, 5.74) is 1.64. The molecule has 3 heterocycles. The maximum absolute atomic E-state index is 15.2. The molecule has 0 spiro atoms. The Bertz CT molecular complexity index is 1590. The minimum atomic E-state index is -1.06. The van der Waals surface area contributed by atoms with E-state index in [1.807, 2.05) is 29.3 Å². The van der Waals surface area contributed by atoms with Gasteiger partial charge in [-0.25, -0.2) is 8.78 Å². The van der Waals surface area contributed by atoms with Gasteiger partial charge in [0, 0.05) is 37.6 Å². The van der Waals surface area contributed by atoms with Crippen LogP contribution < -0.4 is 10.4 Å². The van der Waals surface area contributed by atoms with Gasteiger partial charge in [-0.3, -0.25) is 19.3 Å². The largest absolute Gasteiger partial charge is 0.502 e. The molecule has 1 saturated heterocycles. The highest BCUT2D eigenvalue weighted by Gasteiger charge is 2.56. The fourth-order valence-corrected chi connectivity index (χ4v) is 6.66. The molecule has 2 aromatic carbocycles. The number of nitrogens with zero attached hydrogens (tertiary/aromatic N) is 3. The number of aromatic nitrogens is 1. The maximum Gasteiger partial charge on any atom is 0.277 e. The molecule has 0 bridgehead atoms. The van der Waals surface area contributed by atoms with Gasteiger partial charge in [-0.15, -0.1) is 0 Å². The normalized spacial score (nSPS) is 22.2. The SMILES string of the molecule is O=C1c2c(O)c(=O)ccn2N(C23C(=Cc4c2ccc(F)c4F)Cc2ccccc23)CN1CC1CCOCC1. The molecule has 2 aliphatic heterocycles. The molecule has 7 rings (SSSR count). The zero-order valence-corrected chi connectivity index (χ0v) is 20.5. The Hall–Kier alpha value is -3.98. The molecule has 194 valence electrons. The number of pyridine rings is 1. The van der Waals surface area contributed by atoms with Crippen LogP contribution in [0.2, 0.25) is 0 Å². The highest BCUT2D eigenvalue weighted by Crippen LogP contribution is 2.56. The summed E-state index contributed by atoms with van der Waals surface area (Å²) in [5, 5.41) is 12.8. The second kappa shape index (κ2) is 8.26. The molecule has 7 nitrogen and oxygen atoms in total. The number of carbonyl (C=O) groups excluding carboxylic acids is 1. The van der Waals surface area contributed by atoms with Crippen LogP contribution in [0, 0.1) is 17.6 Å². The molecule has 38 heavy (non-hydrogen) atoms. The van der Waals surface area contributed by atoms with E-state index in [0.29, 0.717) is 31.7 Å². The topological polar surface area (TPSA) is 75.0 Å². The van der Waals surface area contributed by atoms with Crippen molar-refractivity contribution in [2.75, 3.05) is 31.4 Å². The first-order valence-corrected chi connectivity index (χ1v) is 12.8. The molecule has 1 atom stereocenters. The number of aromatic hydroxyl groups is 1. The molecule has 0 radical (unpaired) electrons. The number of hydrogen-bond acceptors (Lipinski definition) is 5. The molecule has 1 unspecified atom stereocenters. The number of fused-ring (bicyclic) bond motifs is 6. The third kappa shape index (κ3) is 3.02. The Morgan fingerprint density at radius 2 is 1.82 bits per heavy atom. The van der Waals surface area contributed by atoms with Gasteiger partial charge in [-0.05, 0) is 59.6 Å². The van der Waals surface area contributed by atoms with Crippen molar-refractivity contribution in [2.24, 2.45) is 5.92 Å². The second-order valence-corrected chi connectivity index (χ2v) is 10.4. The minimum absolute atomic E-state index is 0.121. The van der Waals surface area contributed by atoms with Gasteiger partial charge < -0.3 is 14.7 Å². The van der Waals surface area contributed by atoms with E-state index < -0.39 is 34.3 Å². The first kappa shape index (κ1) is 23.2. The lowest BCUT2D eigenvalue weighted by atomic mass is 9.83. The predicted octanol–water partition coefficient (Wildman–Crippen LogP) is 3.51. The molecule has 3 aromatic rings. The first-order valence-electron chi connectivity index (χ1n) is 12.8.